The Labute approximate surface area is 103 Å². The van der Waals surface area contributed by atoms with Gasteiger partial charge in [0.2, 0.25) is 0 Å². The summed E-state index contributed by atoms with van der Waals surface area (Å²) in [5, 5.41) is 0. The van der Waals surface area contributed by atoms with Crippen LogP contribution in [0.1, 0.15) is 29.3 Å². The second-order valence-corrected chi connectivity index (χ2v) is 3.92. The van der Waals surface area contributed by atoms with Crippen LogP contribution in [0.2, 0.25) is 0 Å². The Morgan fingerprint density at radius 1 is 1.29 bits per heavy atom. The molecular weight excluding hydrogens is 308 g/mol. The number of halogens is 5. The van der Waals surface area contributed by atoms with Crippen LogP contribution in [-0.2, 0) is 0 Å². The van der Waals surface area contributed by atoms with Gasteiger partial charge < -0.3 is 4.74 Å². The molecule has 0 atom stereocenters. The van der Waals surface area contributed by atoms with Gasteiger partial charge in [-0.25, -0.2) is 8.78 Å². The van der Waals surface area contributed by atoms with Gasteiger partial charge in [0.05, 0.1) is 5.56 Å². The molecule has 0 saturated heterocycles. The zero-order chi connectivity index (χ0) is 13.2. The highest BCUT2D eigenvalue weighted by Crippen LogP contribution is 2.37. The van der Waals surface area contributed by atoms with Crippen molar-refractivity contribution in [2.45, 2.75) is 20.0 Å². The van der Waals surface area contributed by atoms with Crippen molar-refractivity contribution >= 4 is 21.7 Å². The predicted octanol–water partition coefficient (Wildman–Crippen LogP) is 4.19. The topological polar surface area (TPSA) is 26.3 Å². The van der Waals surface area contributed by atoms with Gasteiger partial charge in [0.1, 0.15) is 5.75 Å². The second-order valence-electron chi connectivity index (χ2n) is 3.07. The van der Waals surface area contributed by atoms with Crippen molar-refractivity contribution in [2.24, 2.45) is 0 Å². The molecule has 17 heavy (non-hydrogen) atoms. The summed E-state index contributed by atoms with van der Waals surface area (Å²) in [5.74, 6) is -1.35. The number of carbonyl (C=O) groups is 1. The second kappa shape index (κ2) is 5.48. The van der Waals surface area contributed by atoms with Crippen LogP contribution in [-0.4, -0.2) is 12.4 Å². The summed E-state index contributed by atoms with van der Waals surface area (Å²) >= 11 is 2.92. The molecule has 94 valence electrons. The molecule has 0 spiro atoms. The van der Waals surface area contributed by atoms with Crippen LogP contribution in [0.4, 0.5) is 17.6 Å². The van der Waals surface area contributed by atoms with Gasteiger partial charge in [0.15, 0.2) is 5.78 Å². The van der Waals surface area contributed by atoms with Crippen molar-refractivity contribution in [1.82, 2.24) is 0 Å². The first-order valence-electron chi connectivity index (χ1n) is 4.41. The van der Waals surface area contributed by atoms with E-state index in [9.17, 15) is 22.4 Å². The van der Waals surface area contributed by atoms with E-state index in [2.05, 4.69) is 20.7 Å². The molecule has 1 aromatic carbocycles. The van der Waals surface area contributed by atoms with Crippen molar-refractivity contribution in [1.29, 1.82) is 0 Å². The number of rotatable bonds is 4. The van der Waals surface area contributed by atoms with Gasteiger partial charge >= 0.3 is 6.61 Å². The van der Waals surface area contributed by atoms with E-state index in [0.29, 0.717) is 0 Å². The number of hydrogen-bond donors (Lipinski definition) is 0. The fourth-order valence-corrected chi connectivity index (χ4v) is 1.97. The lowest BCUT2D eigenvalue weighted by Gasteiger charge is -2.14. The lowest BCUT2D eigenvalue weighted by atomic mass is 10.0. The van der Waals surface area contributed by atoms with Gasteiger partial charge in [-0.3, -0.25) is 4.79 Å². The van der Waals surface area contributed by atoms with Crippen molar-refractivity contribution in [2.75, 3.05) is 0 Å². The maximum atomic E-state index is 12.8. The average molecular weight is 315 g/mol. The molecule has 0 bridgehead atoms. The third kappa shape index (κ3) is 3.18. The van der Waals surface area contributed by atoms with Crippen LogP contribution in [0.25, 0.3) is 0 Å². The zero-order valence-electron chi connectivity index (χ0n) is 8.52. The normalized spacial score (nSPS) is 11.1. The number of Topliss-reactive ketones (excluding diaryl/α,β-unsaturated/α-hetero) is 1. The van der Waals surface area contributed by atoms with Gasteiger partial charge in [0, 0.05) is 10.0 Å². The highest BCUT2D eigenvalue weighted by Gasteiger charge is 2.25. The van der Waals surface area contributed by atoms with Crippen molar-refractivity contribution in [3.05, 3.63) is 27.7 Å². The van der Waals surface area contributed by atoms with Gasteiger partial charge in [-0.05, 0) is 19.1 Å². The number of ketones is 1. The molecule has 0 aliphatic heterocycles. The molecule has 0 fully saturated rings. The average Bonchev–Trinajstić information content (AvgIpc) is 2.18. The first kappa shape index (κ1) is 14.0. The number of ether oxygens (including phenoxy) is 1. The fraction of sp³-hybridized carbons (Fsp3) is 0.300. The fourth-order valence-electron chi connectivity index (χ4n) is 1.35. The Morgan fingerprint density at radius 3 is 2.29 bits per heavy atom. The molecule has 0 N–H and O–H groups in total. The molecule has 0 aliphatic rings. The summed E-state index contributed by atoms with van der Waals surface area (Å²) in [6.45, 7) is -2.16. The van der Waals surface area contributed by atoms with E-state index in [1.807, 2.05) is 0 Å². The van der Waals surface area contributed by atoms with Crippen LogP contribution in [0.5, 0.6) is 5.75 Å². The first-order chi connectivity index (χ1) is 7.84. The minimum Gasteiger partial charge on any atom is -0.434 e. The van der Waals surface area contributed by atoms with Gasteiger partial charge in [-0.15, -0.1) is 0 Å². The van der Waals surface area contributed by atoms with Crippen molar-refractivity contribution in [3.8, 4) is 5.75 Å². The van der Waals surface area contributed by atoms with Gasteiger partial charge in [-0.2, -0.15) is 8.78 Å². The Balaban J connectivity index is 3.42. The molecule has 0 aromatic heterocycles. The summed E-state index contributed by atoms with van der Waals surface area (Å²) in [6.07, 6.45) is -3.08. The molecule has 2 nitrogen and oxygen atoms in total. The van der Waals surface area contributed by atoms with Crippen LogP contribution < -0.4 is 4.74 Å². The van der Waals surface area contributed by atoms with Crippen LogP contribution in [0.3, 0.4) is 0 Å². The van der Waals surface area contributed by atoms with E-state index >= 15 is 0 Å². The first-order valence-corrected chi connectivity index (χ1v) is 5.20. The maximum absolute atomic E-state index is 12.8. The van der Waals surface area contributed by atoms with E-state index < -0.39 is 30.1 Å². The van der Waals surface area contributed by atoms with Crippen LogP contribution >= 0.6 is 15.9 Å². The lowest BCUT2D eigenvalue weighted by Crippen LogP contribution is -2.09. The highest BCUT2D eigenvalue weighted by molar-refractivity contribution is 9.10. The molecule has 0 amide bonds. The third-order valence-corrected chi connectivity index (χ3v) is 2.60. The van der Waals surface area contributed by atoms with E-state index in [0.717, 1.165) is 13.0 Å². The van der Waals surface area contributed by atoms with Gasteiger partial charge in [-0.1, -0.05) is 15.9 Å². The molecule has 0 radical (unpaired) electrons. The summed E-state index contributed by atoms with van der Waals surface area (Å²) < 4.78 is 53.7. The van der Waals surface area contributed by atoms with E-state index in [1.165, 1.54) is 6.07 Å². The summed E-state index contributed by atoms with van der Waals surface area (Å²) in [5.41, 5.74) is -1.18. The number of alkyl halides is 4. The molecule has 0 aliphatic carbocycles. The number of hydrogen-bond acceptors (Lipinski definition) is 2. The standard InChI is InChI=1S/C10H7BrF4O2/c1-4(16)7-5(11)2-3-6(17-10(14)15)8(7)9(12)13/h2-3,9-10H,1H3. The summed E-state index contributed by atoms with van der Waals surface area (Å²) in [4.78, 5) is 11.2. The molecule has 0 unspecified atom stereocenters. The quantitative estimate of drug-likeness (QED) is 0.615. The number of carbonyl (C=O) groups excluding carboxylic acids is 1. The minimum absolute atomic E-state index is 0.113. The molecular formula is C10H7BrF4O2. The predicted molar refractivity (Wildman–Crippen MR) is 55.7 cm³/mol. The maximum Gasteiger partial charge on any atom is 0.387 e. The van der Waals surface area contributed by atoms with Gasteiger partial charge in [0.25, 0.3) is 6.43 Å². The Morgan fingerprint density at radius 2 is 1.88 bits per heavy atom. The Hall–Kier alpha value is -1.11. The molecule has 1 aromatic rings. The Kier molecular flexibility index (Phi) is 4.50. The van der Waals surface area contributed by atoms with Crippen molar-refractivity contribution < 1.29 is 27.1 Å². The monoisotopic (exact) mass is 314 g/mol. The van der Waals surface area contributed by atoms with E-state index in [4.69, 9.17) is 0 Å². The SMILES string of the molecule is CC(=O)c1c(Br)ccc(OC(F)F)c1C(F)F. The van der Waals surface area contributed by atoms with Crippen LogP contribution in [0, 0.1) is 0 Å². The van der Waals surface area contributed by atoms with Crippen molar-refractivity contribution in [3.63, 3.8) is 0 Å². The molecule has 1 rings (SSSR count). The number of benzene rings is 1. The lowest BCUT2D eigenvalue weighted by molar-refractivity contribution is -0.0520. The van der Waals surface area contributed by atoms with E-state index in [-0.39, 0.29) is 10.0 Å². The molecule has 0 saturated carbocycles. The smallest absolute Gasteiger partial charge is 0.387 e. The highest BCUT2D eigenvalue weighted by atomic mass is 79.9. The molecule has 7 heteroatoms. The zero-order valence-corrected chi connectivity index (χ0v) is 10.1. The summed E-state index contributed by atoms with van der Waals surface area (Å²) in [6, 6.07) is 2.17. The third-order valence-electron chi connectivity index (χ3n) is 1.94. The minimum atomic E-state index is -3.23. The largest absolute Gasteiger partial charge is 0.434 e. The summed E-state index contributed by atoms with van der Waals surface area (Å²) in [7, 11) is 0. The van der Waals surface area contributed by atoms with Crippen LogP contribution in [0.15, 0.2) is 16.6 Å². The van der Waals surface area contributed by atoms with E-state index in [1.54, 1.807) is 0 Å². The Bertz CT molecular complexity index is 435. The molecule has 0 heterocycles.